The molecule has 6 nitrogen and oxygen atoms in total. The van der Waals surface area contributed by atoms with Gasteiger partial charge in [-0.25, -0.2) is 4.98 Å². The summed E-state index contributed by atoms with van der Waals surface area (Å²) < 4.78 is 0.629. The van der Waals surface area contributed by atoms with Crippen LogP contribution in [-0.4, -0.2) is 26.7 Å². The second kappa shape index (κ2) is 5.81. The second-order valence-electron chi connectivity index (χ2n) is 3.49. The van der Waals surface area contributed by atoms with E-state index in [0.29, 0.717) is 15.6 Å². The number of carboxylic acid groups (broad SMARTS) is 1. The first-order valence-electron chi connectivity index (χ1n) is 5.11. The molecule has 1 aromatic heterocycles. The molecule has 0 spiro atoms. The average Bonchev–Trinajstić information content (AvgIpc) is 2.85. The number of rotatable bonds is 5. The Kier molecular flexibility index (Phi) is 4.13. The quantitative estimate of drug-likeness (QED) is 0.518. The third-order valence-corrected chi connectivity index (χ3v) is 4.16. The van der Waals surface area contributed by atoms with Crippen molar-refractivity contribution in [3.63, 3.8) is 0 Å². The SMILES string of the molecule is O=C(O)CSc1nc(-c2cccc([N+](=O)[O-])c2)cs1. The van der Waals surface area contributed by atoms with Gasteiger partial charge in [-0.1, -0.05) is 23.9 Å². The van der Waals surface area contributed by atoms with Crippen molar-refractivity contribution in [3.05, 3.63) is 39.8 Å². The molecule has 0 aliphatic heterocycles. The van der Waals surface area contributed by atoms with Gasteiger partial charge in [0, 0.05) is 23.1 Å². The first kappa shape index (κ1) is 13.5. The number of nitrogens with zero attached hydrogens (tertiary/aromatic N) is 2. The molecule has 2 aromatic rings. The summed E-state index contributed by atoms with van der Waals surface area (Å²) in [7, 11) is 0. The number of aromatic nitrogens is 1. The van der Waals surface area contributed by atoms with Crippen molar-refractivity contribution in [2.75, 3.05) is 5.75 Å². The lowest BCUT2D eigenvalue weighted by molar-refractivity contribution is -0.384. The maximum Gasteiger partial charge on any atom is 0.313 e. The Hall–Kier alpha value is -1.93. The smallest absolute Gasteiger partial charge is 0.313 e. The van der Waals surface area contributed by atoms with Gasteiger partial charge in [-0.05, 0) is 0 Å². The zero-order chi connectivity index (χ0) is 13.8. The summed E-state index contributed by atoms with van der Waals surface area (Å²) >= 11 is 2.45. The second-order valence-corrected chi connectivity index (χ2v) is 5.57. The van der Waals surface area contributed by atoms with Crippen LogP contribution in [0.15, 0.2) is 34.0 Å². The molecule has 0 bridgehead atoms. The van der Waals surface area contributed by atoms with E-state index in [1.807, 2.05) is 0 Å². The summed E-state index contributed by atoms with van der Waals surface area (Å²) in [6, 6.07) is 6.18. The van der Waals surface area contributed by atoms with E-state index in [1.165, 1.54) is 23.5 Å². The van der Waals surface area contributed by atoms with Crippen molar-refractivity contribution >= 4 is 34.8 Å². The fourth-order valence-corrected chi connectivity index (χ4v) is 2.91. The van der Waals surface area contributed by atoms with Gasteiger partial charge in [-0.15, -0.1) is 11.3 Å². The number of hydrogen-bond donors (Lipinski definition) is 1. The van der Waals surface area contributed by atoms with E-state index in [1.54, 1.807) is 17.5 Å². The van der Waals surface area contributed by atoms with Crippen LogP contribution in [0.5, 0.6) is 0 Å². The molecule has 0 aliphatic carbocycles. The summed E-state index contributed by atoms with van der Waals surface area (Å²) in [4.78, 5) is 24.9. The number of carbonyl (C=O) groups is 1. The van der Waals surface area contributed by atoms with E-state index in [2.05, 4.69) is 4.98 Å². The normalized spacial score (nSPS) is 10.3. The van der Waals surface area contributed by atoms with E-state index in [-0.39, 0.29) is 11.4 Å². The van der Waals surface area contributed by atoms with Crippen LogP contribution in [0, 0.1) is 10.1 Å². The minimum atomic E-state index is -0.905. The zero-order valence-corrected chi connectivity index (χ0v) is 11.1. The third kappa shape index (κ3) is 3.52. The van der Waals surface area contributed by atoms with Crippen LogP contribution < -0.4 is 0 Å². The average molecular weight is 296 g/mol. The van der Waals surface area contributed by atoms with Gasteiger partial charge >= 0.3 is 5.97 Å². The molecular weight excluding hydrogens is 288 g/mol. The van der Waals surface area contributed by atoms with Crippen molar-refractivity contribution in [2.45, 2.75) is 4.34 Å². The molecule has 1 N–H and O–H groups in total. The Morgan fingerprint density at radius 3 is 3.00 bits per heavy atom. The number of aliphatic carboxylic acids is 1. The van der Waals surface area contributed by atoms with Crippen molar-refractivity contribution in [1.29, 1.82) is 0 Å². The maximum absolute atomic E-state index is 10.7. The molecule has 8 heteroatoms. The molecule has 0 saturated carbocycles. The molecular formula is C11H8N2O4S2. The van der Waals surface area contributed by atoms with Crippen LogP contribution in [0.3, 0.4) is 0 Å². The van der Waals surface area contributed by atoms with Gasteiger partial charge in [0.15, 0.2) is 4.34 Å². The Balaban J connectivity index is 2.20. The Bertz CT molecular complexity index is 627. The highest BCUT2D eigenvalue weighted by molar-refractivity contribution is 8.01. The summed E-state index contributed by atoms with van der Waals surface area (Å²) in [6.45, 7) is 0. The molecule has 0 saturated heterocycles. The molecule has 0 amide bonds. The highest BCUT2D eigenvalue weighted by atomic mass is 32.2. The lowest BCUT2D eigenvalue weighted by atomic mass is 10.1. The topological polar surface area (TPSA) is 93.3 Å². The number of thiazole rings is 1. The molecule has 1 aromatic carbocycles. The number of thioether (sulfide) groups is 1. The van der Waals surface area contributed by atoms with Crippen LogP contribution >= 0.6 is 23.1 Å². The standard InChI is InChI=1S/C11H8N2O4S2/c14-10(15)6-19-11-12-9(5-18-11)7-2-1-3-8(4-7)13(16)17/h1-5H,6H2,(H,14,15). The lowest BCUT2D eigenvalue weighted by Crippen LogP contribution is -1.96. The van der Waals surface area contributed by atoms with E-state index in [9.17, 15) is 14.9 Å². The van der Waals surface area contributed by atoms with Gasteiger partial charge in [-0.3, -0.25) is 14.9 Å². The Morgan fingerprint density at radius 1 is 1.53 bits per heavy atom. The van der Waals surface area contributed by atoms with Crippen molar-refractivity contribution in [2.24, 2.45) is 0 Å². The molecule has 0 radical (unpaired) electrons. The van der Waals surface area contributed by atoms with Crippen LogP contribution in [0.4, 0.5) is 5.69 Å². The van der Waals surface area contributed by atoms with Gasteiger partial charge < -0.3 is 5.11 Å². The number of hydrogen-bond acceptors (Lipinski definition) is 6. The van der Waals surface area contributed by atoms with Crippen molar-refractivity contribution in [3.8, 4) is 11.3 Å². The molecule has 0 unspecified atom stereocenters. The van der Waals surface area contributed by atoms with Crippen LogP contribution in [-0.2, 0) is 4.79 Å². The van der Waals surface area contributed by atoms with Crippen LogP contribution in [0.1, 0.15) is 0 Å². The number of non-ortho nitro benzene ring substituents is 1. The van der Waals surface area contributed by atoms with E-state index in [4.69, 9.17) is 5.11 Å². The fourth-order valence-electron chi connectivity index (χ4n) is 1.36. The van der Waals surface area contributed by atoms with E-state index in [0.717, 1.165) is 11.8 Å². The van der Waals surface area contributed by atoms with Crippen molar-refractivity contribution < 1.29 is 14.8 Å². The molecule has 19 heavy (non-hydrogen) atoms. The van der Waals surface area contributed by atoms with E-state index >= 15 is 0 Å². The van der Waals surface area contributed by atoms with Gasteiger partial charge in [0.25, 0.3) is 5.69 Å². The zero-order valence-electron chi connectivity index (χ0n) is 9.48. The molecule has 0 aliphatic rings. The minimum Gasteiger partial charge on any atom is -0.481 e. The summed E-state index contributed by atoms with van der Waals surface area (Å²) in [6.07, 6.45) is 0. The van der Waals surface area contributed by atoms with Gasteiger partial charge in [0.2, 0.25) is 0 Å². The third-order valence-electron chi connectivity index (χ3n) is 2.15. The first-order valence-corrected chi connectivity index (χ1v) is 6.98. The lowest BCUT2D eigenvalue weighted by Gasteiger charge is -1.96. The minimum absolute atomic E-state index is 0.00485. The highest BCUT2D eigenvalue weighted by Gasteiger charge is 2.10. The predicted molar refractivity (Wildman–Crippen MR) is 72.6 cm³/mol. The molecule has 0 fully saturated rings. The Labute approximate surface area is 116 Å². The predicted octanol–water partition coefficient (Wildman–Crippen LogP) is 2.90. The number of nitro benzene ring substituents is 1. The van der Waals surface area contributed by atoms with Crippen LogP contribution in [0.2, 0.25) is 0 Å². The van der Waals surface area contributed by atoms with Crippen LogP contribution in [0.25, 0.3) is 11.3 Å². The number of benzene rings is 1. The molecule has 0 atom stereocenters. The number of carboxylic acids is 1. The number of nitro groups is 1. The summed E-state index contributed by atoms with van der Waals surface area (Å²) in [5, 5.41) is 21.0. The van der Waals surface area contributed by atoms with Gasteiger partial charge in [0.05, 0.1) is 16.4 Å². The van der Waals surface area contributed by atoms with Gasteiger partial charge in [0.1, 0.15) is 0 Å². The molecule has 2 rings (SSSR count). The van der Waals surface area contributed by atoms with Crippen molar-refractivity contribution in [1.82, 2.24) is 4.98 Å². The summed E-state index contributed by atoms with van der Waals surface area (Å²) in [5.74, 6) is -0.959. The monoisotopic (exact) mass is 296 g/mol. The molecule has 98 valence electrons. The molecule has 1 heterocycles. The maximum atomic E-state index is 10.7. The Morgan fingerprint density at radius 2 is 2.32 bits per heavy atom. The van der Waals surface area contributed by atoms with E-state index < -0.39 is 10.9 Å². The fraction of sp³-hybridized carbons (Fsp3) is 0.0909. The first-order chi connectivity index (χ1) is 9.06. The summed E-state index contributed by atoms with van der Waals surface area (Å²) in [5.41, 5.74) is 1.26. The largest absolute Gasteiger partial charge is 0.481 e. The van der Waals surface area contributed by atoms with Gasteiger partial charge in [-0.2, -0.15) is 0 Å². The highest BCUT2D eigenvalue weighted by Crippen LogP contribution is 2.29.